The van der Waals surface area contributed by atoms with Gasteiger partial charge in [-0.1, -0.05) is 19.9 Å². The minimum Gasteiger partial charge on any atom is -0.478 e. The smallest absolute Gasteiger partial charge is 0.340 e. The van der Waals surface area contributed by atoms with Gasteiger partial charge in [-0.15, -0.1) is 0 Å². The number of carboxylic acids is 1. The van der Waals surface area contributed by atoms with E-state index in [0.29, 0.717) is 11.6 Å². The molecule has 0 unspecified atom stereocenters. The van der Waals surface area contributed by atoms with Crippen LogP contribution < -0.4 is 5.32 Å². The fourth-order valence-corrected chi connectivity index (χ4v) is 1.76. The van der Waals surface area contributed by atoms with E-state index in [4.69, 9.17) is 5.11 Å². The van der Waals surface area contributed by atoms with Gasteiger partial charge in [-0.05, 0) is 30.7 Å². The van der Waals surface area contributed by atoms with Crippen LogP contribution in [0.25, 0.3) is 0 Å². The third-order valence-corrected chi connectivity index (χ3v) is 2.66. The van der Waals surface area contributed by atoms with Crippen molar-refractivity contribution in [2.24, 2.45) is 0 Å². The van der Waals surface area contributed by atoms with E-state index >= 15 is 0 Å². The molecule has 3 nitrogen and oxygen atoms in total. The number of halogens is 3. The van der Waals surface area contributed by atoms with Crippen LogP contribution in [-0.2, 0) is 0 Å². The summed E-state index contributed by atoms with van der Waals surface area (Å²) < 4.78 is 40.3. The van der Waals surface area contributed by atoms with Crippen molar-refractivity contribution in [3.05, 3.63) is 58.9 Å². The number of nitrogens with one attached hydrogen (secondary N) is 1. The number of carboxylic acid groups (broad SMARTS) is 1. The number of hydrogen-bond donors (Lipinski definition) is 2. The zero-order chi connectivity index (χ0) is 16.9. The van der Waals surface area contributed by atoms with Crippen LogP contribution in [0.4, 0.5) is 24.5 Å². The average molecular weight is 311 g/mol. The highest BCUT2D eigenvalue weighted by Crippen LogP contribution is 2.26. The molecule has 0 atom stereocenters. The Morgan fingerprint density at radius 3 is 2.18 bits per heavy atom. The normalized spacial score (nSPS) is 9.73. The third-order valence-electron chi connectivity index (χ3n) is 2.66. The number of carbonyl (C=O) groups is 1. The van der Waals surface area contributed by atoms with E-state index in [9.17, 15) is 18.0 Å². The topological polar surface area (TPSA) is 49.3 Å². The van der Waals surface area contributed by atoms with Crippen LogP contribution in [0.2, 0.25) is 0 Å². The number of aromatic carboxylic acids is 1. The van der Waals surface area contributed by atoms with Crippen LogP contribution in [0.5, 0.6) is 0 Å². The minimum absolute atomic E-state index is 0.0666. The molecule has 0 aliphatic rings. The lowest BCUT2D eigenvalue weighted by atomic mass is 10.1. The highest BCUT2D eigenvalue weighted by molar-refractivity contribution is 5.95. The Labute approximate surface area is 126 Å². The molecule has 118 valence electrons. The Balaban J connectivity index is 0.00000116. The molecule has 0 fully saturated rings. The maximum Gasteiger partial charge on any atom is 0.340 e. The van der Waals surface area contributed by atoms with Gasteiger partial charge in [0.2, 0.25) is 0 Å². The van der Waals surface area contributed by atoms with Crippen LogP contribution in [0.1, 0.15) is 29.8 Å². The number of hydrogen-bond acceptors (Lipinski definition) is 2. The van der Waals surface area contributed by atoms with Crippen molar-refractivity contribution < 1.29 is 23.1 Å². The highest BCUT2D eigenvalue weighted by atomic mass is 19.1. The Bertz CT molecular complexity index is 687. The predicted octanol–water partition coefficient (Wildman–Crippen LogP) is 4.88. The van der Waals surface area contributed by atoms with Crippen LogP contribution in [0.3, 0.4) is 0 Å². The second-order valence-corrected chi connectivity index (χ2v) is 4.22. The van der Waals surface area contributed by atoms with E-state index in [0.717, 1.165) is 6.07 Å². The lowest BCUT2D eigenvalue weighted by molar-refractivity contribution is 0.0693. The van der Waals surface area contributed by atoms with Crippen LogP contribution >= 0.6 is 0 Å². The van der Waals surface area contributed by atoms with Gasteiger partial charge in [-0.2, -0.15) is 0 Å². The molecule has 0 aromatic heterocycles. The van der Waals surface area contributed by atoms with Crippen molar-refractivity contribution >= 4 is 17.3 Å². The molecule has 0 saturated carbocycles. The summed E-state index contributed by atoms with van der Waals surface area (Å²) in [6.07, 6.45) is 0. The zero-order valence-electron chi connectivity index (χ0n) is 12.4. The summed E-state index contributed by atoms with van der Waals surface area (Å²) in [4.78, 5) is 11.0. The fourth-order valence-electron chi connectivity index (χ4n) is 1.76. The number of benzene rings is 2. The lowest BCUT2D eigenvalue weighted by Gasteiger charge is -2.11. The first-order valence-electron chi connectivity index (χ1n) is 6.64. The van der Waals surface area contributed by atoms with Gasteiger partial charge >= 0.3 is 5.97 Å². The summed E-state index contributed by atoms with van der Waals surface area (Å²) in [6.45, 7) is 5.68. The average Bonchev–Trinajstić information content (AvgIpc) is 2.43. The van der Waals surface area contributed by atoms with Gasteiger partial charge in [0.1, 0.15) is 23.0 Å². The van der Waals surface area contributed by atoms with Gasteiger partial charge in [0, 0.05) is 6.07 Å². The first-order valence-corrected chi connectivity index (χ1v) is 6.64. The van der Waals surface area contributed by atoms with Crippen molar-refractivity contribution in [2.75, 3.05) is 5.32 Å². The zero-order valence-corrected chi connectivity index (χ0v) is 12.4. The first kappa shape index (κ1) is 17.6. The largest absolute Gasteiger partial charge is 0.478 e. The van der Waals surface area contributed by atoms with Gasteiger partial charge in [-0.25, -0.2) is 18.0 Å². The summed E-state index contributed by atoms with van der Waals surface area (Å²) in [5, 5.41) is 11.3. The van der Waals surface area contributed by atoms with Gasteiger partial charge < -0.3 is 10.4 Å². The SMILES string of the molecule is CC.Cc1ccc(Nc2cc(F)cc(F)c2C(=O)O)c(F)c1. The quantitative estimate of drug-likeness (QED) is 0.849. The molecule has 0 saturated heterocycles. The highest BCUT2D eigenvalue weighted by Gasteiger charge is 2.18. The van der Waals surface area contributed by atoms with E-state index in [1.807, 2.05) is 13.8 Å². The molecular formula is C16H16F3NO2. The maximum atomic E-state index is 13.7. The standard InChI is InChI=1S/C14H10F3NO2.C2H6/c1-7-2-3-11(9(16)4-7)18-12-6-8(15)5-10(17)13(12)14(19)20;1-2/h2-6,18H,1H3,(H,19,20);1-2H3. The number of rotatable bonds is 3. The second kappa shape index (κ2) is 7.49. The van der Waals surface area contributed by atoms with Gasteiger partial charge in [0.05, 0.1) is 11.4 Å². The van der Waals surface area contributed by atoms with Crippen LogP contribution in [0, 0.1) is 24.4 Å². The first-order chi connectivity index (χ1) is 10.4. The molecule has 0 radical (unpaired) electrons. The van der Waals surface area contributed by atoms with Crippen molar-refractivity contribution in [3.63, 3.8) is 0 Å². The van der Waals surface area contributed by atoms with Gasteiger partial charge in [0.15, 0.2) is 0 Å². The Morgan fingerprint density at radius 2 is 1.64 bits per heavy atom. The number of anilines is 2. The van der Waals surface area contributed by atoms with Crippen molar-refractivity contribution in [1.82, 2.24) is 0 Å². The molecule has 2 rings (SSSR count). The van der Waals surface area contributed by atoms with Crippen molar-refractivity contribution in [2.45, 2.75) is 20.8 Å². The van der Waals surface area contributed by atoms with Crippen molar-refractivity contribution in [3.8, 4) is 0 Å². The Hall–Kier alpha value is -2.50. The Morgan fingerprint density at radius 1 is 1.00 bits per heavy atom. The van der Waals surface area contributed by atoms with E-state index in [2.05, 4.69) is 5.32 Å². The molecule has 22 heavy (non-hydrogen) atoms. The Kier molecular flexibility index (Phi) is 5.98. The molecule has 2 N–H and O–H groups in total. The van der Waals surface area contributed by atoms with Crippen LogP contribution in [-0.4, -0.2) is 11.1 Å². The molecule has 2 aromatic rings. The van der Waals surface area contributed by atoms with E-state index in [1.165, 1.54) is 12.1 Å². The monoisotopic (exact) mass is 311 g/mol. The molecule has 0 bridgehead atoms. The molecule has 0 spiro atoms. The van der Waals surface area contributed by atoms with E-state index in [1.54, 1.807) is 13.0 Å². The van der Waals surface area contributed by atoms with E-state index in [-0.39, 0.29) is 11.4 Å². The minimum atomic E-state index is -1.57. The van der Waals surface area contributed by atoms with Gasteiger partial charge in [-0.3, -0.25) is 0 Å². The van der Waals surface area contributed by atoms with E-state index < -0.39 is 29.0 Å². The summed E-state index contributed by atoms with van der Waals surface area (Å²) in [5.41, 5.74) is -0.496. The maximum absolute atomic E-state index is 13.7. The number of aryl methyl sites for hydroxylation is 1. The third kappa shape index (κ3) is 4.00. The predicted molar refractivity (Wildman–Crippen MR) is 79.1 cm³/mol. The summed E-state index contributed by atoms with van der Waals surface area (Å²) in [5.74, 6) is -4.40. The summed E-state index contributed by atoms with van der Waals surface area (Å²) in [7, 11) is 0. The molecule has 0 aliphatic carbocycles. The lowest BCUT2D eigenvalue weighted by Crippen LogP contribution is -2.07. The molecule has 0 amide bonds. The molecule has 6 heteroatoms. The second-order valence-electron chi connectivity index (χ2n) is 4.22. The molecule has 2 aromatic carbocycles. The fraction of sp³-hybridized carbons (Fsp3) is 0.188. The molecule has 0 heterocycles. The molecular weight excluding hydrogens is 295 g/mol. The summed E-state index contributed by atoms with van der Waals surface area (Å²) >= 11 is 0. The summed E-state index contributed by atoms with van der Waals surface area (Å²) in [6, 6.07) is 5.42. The van der Waals surface area contributed by atoms with Crippen LogP contribution in [0.15, 0.2) is 30.3 Å². The molecule has 0 aliphatic heterocycles. The van der Waals surface area contributed by atoms with Gasteiger partial charge in [0.25, 0.3) is 0 Å². The van der Waals surface area contributed by atoms with Crippen molar-refractivity contribution in [1.29, 1.82) is 0 Å².